The van der Waals surface area contributed by atoms with E-state index < -0.39 is 16.1 Å². The molecule has 10 heteroatoms. The number of sulfonamides is 1. The number of aromatic nitrogens is 3. The minimum absolute atomic E-state index is 0.0780. The van der Waals surface area contributed by atoms with E-state index in [9.17, 15) is 13.2 Å². The zero-order chi connectivity index (χ0) is 21.2. The molecular weight excluding hydrogens is 394 g/mol. The molecule has 0 bridgehead atoms. The SMILES string of the molecule is COc1ccc(NC(C)=O)cc1S(=O)(=O)N[C@H](c1nnc2ccccn12)C(C)C. The molecule has 2 N–H and O–H groups in total. The number of hydrogen-bond acceptors (Lipinski definition) is 6. The van der Waals surface area contributed by atoms with Gasteiger partial charge in [-0.3, -0.25) is 9.20 Å². The third-order valence-electron chi connectivity index (χ3n) is 4.34. The highest BCUT2D eigenvalue weighted by molar-refractivity contribution is 7.89. The first-order valence-corrected chi connectivity index (χ1v) is 10.5. The van der Waals surface area contributed by atoms with E-state index in [2.05, 4.69) is 20.2 Å². The van der Waals surface area contributed by atoms with Gasteiger partial charge >= 0.3 is 0 Å². The largest absolute Gasteiger partial charge is 0.495 e. The quantitative estimate of drug-likeness (QED) is 0.610. The van der Waals surface area contributed by atoms with Crippen LogP contribution in [0.5, 0.6) is 5.75 Å². The molecular formula is C19H23N5O4S. The third-order valence-corrected chi connectivity index (χ3v) is 5.80. The predicted molar refractivity (Wildman–Crippen MR) is 108 cm³/mol. The molecule has 2 aromatic heterocycles. The Balaban J connectivity index is 2.03. The Morgan fingerprint density at radius 2 is 1.93 bits per heavy atom. The van der Waals surface area contributed by atoms with E-state index in [-0.39, 0.29) is 22.5 Å². The van der Waals surface area contributed by atoms with Crippen LogP contribution in [0.15, 0.2) is 47.5 Å². The van der Waals surface area contributed by atoms with E-state index in [0.29, 0.717) is 17.2 Å². The molecule has 0 radical (unpaired) electrons. The summed E-state index contributed by atoms with van der Waals surface area (Å²) in [5, 5.41) is 10.9. The van der Waals surface area contributed by atoms with E-state index in [1.54, 1.807) is 22.7 Å². The Morgan fingerprint density at radius 1 is 1.17 bits per heavy atom. The molecule has 0 spiro atoms. The smallest absolute Gasteiger partial charge is 0.245 e. The van der Waals surface area contributed by atoms with Crippen LogP contribution in [-0.2, 0) is 14.8 Å². The van der Waals surface area contributed by atoms with E-state index in [1.165, 1.54) is 26.2 Å². The number of benzene rings is 1. The van der Waals surface area contributed by atoms with Gasteiger partial charge in [0.2, 0.25) is 15.9 Å². The Hall–Kier alpha value is -2.98. The van der Waals surface area contributed by atoms with Crippen molar-refractivity contribution >= 4 is 27.3 Å². The Labute approximate surface area is 169 Å². The summed E-state index contributed by atoms with van der Waals surface area (Å²) >= 11 is 0. The second-order valence-corrected chi connectivity index (χ2v) is 8.56. The lowest BCUT2D eigenvalue weighted by Crippen LogP contribution is -2.33. The van der Waals surface area contributed by atoms with Crippen molar-refractivity contribution in [2.75, 3.05) is 12.4 Å². The van der Waals surface area contributed by atoms with Crippen molar-refractivity contribution in [2.45, 2.75) is 31.7 Å². The second-order valence-electron chi connectivity index (χ2n) is 6.88. The van der Waals surface area contributed by atoms with E-state index in [4.69, 9.17) is 4.74 Å². The zero-order valence-corrected chi connectivity index (χ0v) is 17.4. The highest BCUT2D eigenvalue weighted by atomic mass is 32.2. The third kappa shape index (κ3) is 4.38. The van der Waals surface area contributed by atoms with E-state index >= 15 is 0 Å². The van der Waals surface area contributed by atoms with Crippen LogP contribution in [0.4, 0.5) is 5.69 Å². The summed E-state index contributed by atoms with van der Waals surface area (Å²) < 4.78 is 36.2. The van der Waals surface area contributed by atoms with Crippen molar-refractivity contribution in [3.63, 3.8) is 0 Å². The maximum atomic E-state index is 13.2. The first-order chi connectivity index (χ1) is 13.7. The van der Waals surface area contributed by atoms with Gasteiger partial charge in [-0.2, -0.15) is 0 Å². The number of anilines is 1. The number of nitrogens with one attached hydrogen (secondary N) is 2. The van der Waals surface area contributed by atoms with Crippen molar-refractivity contribution in [3.05, 3.63) is 48.4 Å². The lowest BCUT2D eigenvalue weighted by atomic mass is 10.1. The molecule has 2 heterocycles. The Bertz CT molecular complexity index is 1140. The molecule has 1 atom stereocenters. The maximum Gasteiger partial charge on any atom is 0.245 e. The fourth-order valence-corrected chi connectivity index (χ4v) is 4.49. The summed E-state index contributed by atoms with van der Waals surface area (Å²) in [5.74, 6) is 0.236. The number of hydrogen-bond donors (Lipinski definition) is 2. The van der Waals surface area contributed by atoms with Gasteiger partial charge in [-0.25, -0.2) is 13.1 Å². The average Bonchev–Trinajstić information content (AvgIpc) is 3.09. The monoisotopic (exact) mass is 417 g/mol. The average molecular weight is 417 g/mol. The minimum atomic E-state index is -4.01. The molecule has 0 aliphatic rings. The van der Waals surface area contributed by atoms with E-state index in [0.717, 1.165) is 0 Å². The minimum Gasteiger partial charge on any atom is -0.495 e. The number of carbonyl (C=O) groups is 1. The number of carbonyl (C=O) groups excluding carboxylic acids is 1. The standard InChI is InChI=1S/C19H23N5O4S/c1-12(2)18(19-22-21-17-7-5-6-10-24(17)19)23-29(26,27)16-11-14(20-13(3)25)8-9-15(16)28-4/h5-12,18,23H,1-4H3,(H,20,25)/t18-/m0/s1. The summed E-state index contributed by atoms with van der Waals surface area (Å²) in [6.07, 6.45) is 1.78. The Morgan fingerprint density at radius 3 is 2.59 bits per heavy atom. The van der Waals surface area contributed by atoms with Gasteiger partial charge in [0.1, 0.15) is 10.6 Å². The molecule has 9 nitrogen and oxygen atoms in total. The van der Waals surface area contributed by atoms with Gasteiger partial charge in [-0.15, -0.1) is 10.2 Å². The number of fused-ring (bicyclic) bond motifs is 1. The highest BCUT2D eigenvalue weighted by Crippen LogP contribution is 2.30. The first-order valence-electron chi connectivity index (χ1n) is 9.00. The normalized spacial score (nSPS) is 12.9. The van der Waals surface area contributed by atoms with Crippen molar-refractivity contribution < 1.29 is 17.9 Å². The fraction of sp³-hybridized carbons (Fsp3) is 0.316. The van der Waals surface area contributed by atoms with Crippen LogP contribution in [-0.4, -0.2) is 36.0 Å². The topological polar surface area (TPSA) is 115 Å². The Kier molecular flexibility index (Phi) is 5.85. The molecule has 1 aromatic carbocycles. The molecule has 1 amide bonds. The molecule has 154 valence electrons. The molecule has 0 aliphatic carbocycles. The van der Waals surface area contributed by atoms with Crippen molar-refractivity contribution in [1.82, 2.24) is 19.3 Å². The van der Waals surface area contributed by atoms with E-state index in [1.807, 2.05) is 26.0 Å². The molecule has 0 aliphatic heterocycles. The van der Waals surface area contributed by atoms with Gasteiger partial charge in [-0.05, 0) is 36.2 Å². The number of rotatable bonds is 7. The van der Waals surface area contributed by atoms with Gasteiger partial charge in [0.15, 0.2) is 11.5 Å². The number of pyridine rings is 1. The van der Waals surface area contributed by atoms with Crippen molar-refractivity contribution in [2.24, 2.45) is 5.92 Å². The molecule has 0 saturated carbocycles. The lowest BCUT2D eigenvalue weighted by molar-refractivity contribution is -0.114. The lowest BCUT2D eigenvalue weighted by Gasteiger charge is -2.22. The van der Waals surface area contributed by atoms with Crippen LogP contribution in [0.3, 0.4) is 0 Å². The van der Waals surface area contributed by atoms with Crippen LogP contribution in [0, 0.1) is 5.92 Å². The summed E-state index contributed by atoms with van der Waals surface area (Å²) in [5.41, 5.74) is 0.977. The summed E-state index contributed by atoms with van der Waals surface area (Å²) in [6, 6.07) is 9.25. The fourth-order valence-electron chi connectivity index (χ4n) is 2.96. The van der Waals surface area contributed by atoms with Crippen LogP contribution < -0.4 is 14.8 Å². The molecule has 3 rings (SSSR count). The predicted octanol–water partition coefficient (Wildman–Crippen LogP) is 2.37. The van der Waals surface area contributed by atoms with Gasteiger partial charge < -0.3 is 10.1 Å². The second kappa shape index (κ2) is 8.18. The van der Waals surface area contributed by atoms with Crippen LogP contribution in [0.25, 0.3) is 5.65 Å². The van der Waals surface area contributed by atoms with Crippen LogP contribution in [0.2, 0.25) is 0 Å². The van der Waals surface area contributed by atoms with Crippen LogP contribution in [0.1, 0.15) is 32.6 Å². The zero-order valence-electron chi connectivity index (χ0n) is 16.6. The molecule has 3 aromatic rings. The van der Waals surface area contributed by atoms with Gasteiger partial charge in [0.25, 0.3) is 0 Å². The number of nitrogens with zero attached hydrogens (tertiary/aromatic N) is 3. The van der Waals surface area contributed by atoms with Crippen molar-refractivity contribution in [1.29, 1.82) is 0 Å². The highest BCUT2D eigenvalue weighted by Gasteiger charge is 2.29. The number of amides is 1. The molecule has 0 fully saturated rings. The van der Waals surface area contributed by atoms with Gasteiger partial charge in [-0.1, -0.05) is 19.9 Å². The van der Waals surface area contributed by atoms with Crippen molar-refractivity contribution in [3.8, 4) is 5.75 Å². The molecule has 0 unspecified atom stereocenters. The molecule has 29 heavy (non-hydrogen) atoms. The maximum absolute atomic E-state index is 13.2. The molecule has 0 saturated heterocycles. The number of ether oxygens (including phenoxy) is 1. The first kappa shape index (κ1) is 20.7. The number of methoxy groups -OCH3 is 1. The van der Waals surface area contributed by atoms with Gasteiger partial charge in [0, 0.05) is 18.8 Å². The van der Waals surface area contributed by atoms with Crippen LogP contribution >= 0.6 is 0 Å². The summed E-state index contributed by atoms with van der Waals surface area (Å²) in [6.45, 7) is 5.13. The van der Waals surface area contributed by atoms with Gasteiger partial charge in [0.05, 0.1) is 13.2 Å². The summed E-state index contributed by atoms with van der Waals surface area (Å²) in [4.78, 5) is 11.3. The summed E-state index contributed by atoms with van der Waals surface area (Å²) in [7, 11) is -2.62.